The van der Waals surface area contributed by atoms with E-state index in [0.717, 1.165) is 0 Å². The number of urea groups is 1. The highest BCUT2D eigenvalue weighted by Gasteiger charge is 1.99. The average molecular weight is 160 g/mol. The normalized spacial score (nSPS) is 8.25. The van der Waals surface area contributed by atoms with E-state index in [1.54, 1.807) is 24.3 Å². The maximum Gasteiger partial charge on any atom is 0.355 e. The summed E-state index contributed by atoms with van der Waals surface area (Å²) in [5.74, 6) is 0. The van der Waals surface area contributed by atoms with Gasteiger partial charge in [-0.3, -0.25) is 0 Å². The lowest BCUT2D eigenvalue weighted by molar-refractivity contribution is 0.255. The number of nitrogens with zero attached hydrogens (tertiary/aromatic N) is 2. The lowest BCUT2D eigenvalue weighted by Crippen LogP contribution is -2.17. The molecule has 1 radical (unpaired) electrons. The van der Waals surface area contributed by atoms with Crippen LogP contribution in [0.3, 0.4) is 0 Å². The Balaban J connectivity index is 2.54. The molecule has 0 aliphatic heterocycles. The SMILES string of the molecule is N#C[N]C(=O)Nc1ccccc1. The molecule has 1 aromatic carbocycles. The molecule has 1 aromatic rings. The van der Waals surface area contributed by atoms with Gasteiger partial charge in [-0.1, -0.05) is 18.2 Å². The molecule has 4 heteroatoms. The van der Waals surface area contributed by atoms with Gasteiger partial charge in [0.25, 0.3) is 0 Å². The Morgan fingerprint density at radius 2 is 2.08 bits per heavy atom. The number of nitriles is 1. The van der Waals surface area contributed by atoms with Crippen molar-refractivity contribution in [3.05, 3.63) is 30.3 Å². The predicted molar refractivity (Wildman–Crippen MR) is 43.2 cm³/mol. The van der Waals surface area contributed by atoms with Gasteiger partial charge in [0.1, 0.15) is 0 Å². The number of carbonyl (C=O) groups is 1. The zero-order valence-electron chi connectivity index (χ0n) is 6.19. The molecule has 12 heavy (non-hydrogen) atoms. The molecule has 0 unspecified atom stereocenters. The Bertz CT molecular complexity index is 302. The topological polar surface area (TPSA) is 67.0 Å². The van der Waals surface area contributed by atoms with E-state index in [4.69, 9.17) is 5.26 Å². The number of benzene rings is 1. The summed E-state index contributed by atoms with van der Waals surface area (Å²) >= 11 is 0. The van der Waals surface area contributed by atoms with Crippen LogP contribution in [-0.2, 0) is 0 Å². The number of rotatable bonds is 1. The van der Waals surface area contributed by atoms with Crippen LogP contribution in [0, 0.1) is 11.5 Å². The lowest BCUT2D eigenvalue weighted by atomic mass is 10.3. The van der Waals surface area contributed by atoms with Crippen LogP contribution < -0.4 is 10.6 Å². The number of hydrogen-bond acceptors (Lipinski definition) is 2. The second-order valence-corrected chi connectivity index (χ2v) is 2.01. The van der Waals surface area contributed by atoms with Crippen LogP contribution in [0.1, 0.15) is 0 Å². The van der Waals surface area contributed by atoms with E-state index in [0.29, 0.717) is 5.69 Å². The maximum absolute atomic E-state index is 10.7. The third-order valence-electron chi connectivity index (χ3n) is 1.18. The van der Waals surface area contributed by atoms with E-state index in [9.17, 15) is 4.79 Å². The fourth-order valence-electron chi connectivity index (χ4n) is 0.718. The first-order valence-electron chi connectivity index (χ1n) is 3.29. The molecule has 0 saturated heterocycles. The largest absolute Gasteiger partial charge is 0.355 e. The van der Waals surface area contributed by atoms with Crippen molar-refractivity contribution in [2.75, 3.05) is 5.32 Å². The predicted octanol–water partition coefficient (Wildman–Crippen LogP) is 1.30. The van der Waals surface area contributed by atoms with E-state index in [1.165, 1.54) is 6.19 Å². The van der Waals surface area contributed by atoms with Gasteiger partial charge >= 0.3 is 6.03 Å². The van der Waals surface area contributed by atoms with Crippen LogP contribution in [0.5, 0.6) is 0 Å². The summed E-state index contributed by atoms with van der Waals surface area (Å²) < 4.78 is 0. The molecule has 0 heterocycles. The minimum atomic E-state index is -0.649. The lowest BCUT2D eigenvalue weighted by Gasteiger charge is -1.98. The van der Waals surface area contributed by atoms with Crippen LogP contribution in [0.2, 0.25) is 0 Å². The summed E-state index contributed by atoms with van der Waals surface area (Å²) in [4.78, 5) is 10.7. The fourth-order valence-corrected chi connectivity index (χ4v) is 0.718. The molecular weight excluding hydrogens is 154 g/mol. The summed E-state index contributed by atoms with van der Waals surface area (Å²) in [7, 11) is 0. The fraction of sp³-hybridized carbons (Fsp3) is 0. The van der Waals surface area contributed by atoms with Crippen molar-refractivity contribution in [3.63, 3.8) is 0 Å². The molecule has 0 fully saturated rings. The van der Waals surface area contributed by atoms with Gasteiger partial charge in [0.05, 0.1) is 0 Å². The van der Waals surface area contributed by atoms with Crippen molar-refractivity contribution in [2.24, 2.45) is 0 Å². The van der Waals surface area contributed by atoms with Crippen LogP contribution >= 0.6 is 0 Å². The van der Waals surface area contributed by atoms with Gasteiger partial charge in [-0.2, -0.15) is 5.26 Å². The molecule has 0 saturated carbocycles. The first kappa shape index (κ1) is 8.08. The third-order valence-corrected chi connectivity index (χ3v) is 1.18. The van der Waals surface area contributed by atoms with E-state index >= 15 is 0 Å². The molecule has 0 aliphatic rings. The molecule has 0 bridgehead atoms. The van der Waals surface area contributed by atoms with E-state index < -0.39 is 6.03 Å². The van der Waals surface area contributed by atoms with Gasteiger partial charge in [0, 0.05) is 5.69 Å². The molecule has 1 N–H and O–H groups in total. The molecule has 59 valence electrons. The minimum Gasteiger partial charge on any atom is -0.305 e. The van der Waals surface area contributed by atoms with Crippen LogP contribution in [0.4, 0.5) is 10.5 Å². The summed E-state index contributed by atoms with van der Waals surface area (Å²) in [5, 5.41) is 13.4. The smallest absolute Gasteiger partial charge is 0.305 e. The molecule has 1 rings (SSSR count). The first-order chi connectivity index (χ1) is 5.83. The van der Waals surface area contributed by atoms with Crippen LogP contribution in [0.15, 0.2) is 30.3 Å². The number of nitrogens with one attached hydrogen (secondary N) is 1. The van der Waals surface area contributed by atoms with Crippen molar-refractivity contribution in [1.29, 1.82) is 5.26 Å². The molecule has 0 aliphatic carbocycles. The molecule has 0 atom stereocenters. The maximum atomic E-state index is 10.7. The van der Waals surface area contributed by atoms with Crippen molar-refractivity contribution in [3.8, 4) is 6.19 Å². The number of hydrogen-bond donors (Lipinski definition) is 1. The van der Waals surface area contributed by atoms with E-state index in [-0.39, 0.29) is 0 Å². The highest BCUT2D eigenvalue weighted by Crippen LogP contribution is 2.03. The Morgan fingerprint density at radius 3 is 2.67 bits per heavy atom. The van der Waals surface area contributed by atoms with Gasteiger partial charge < -0.3 is 5.32 Å². The molecular formula is C8H6N3O. The van der Waals surface area contributed by atoms with Gasteiger partial charge in [0.15, 0.2) is 0 Å². The zero-order chi connectivity index (χ0) is 8.81. The Hall–Kier alpha value is -2.02. The average Bonchev–Trinajstić information content (AvgIpc) is 2.06. The van der Waals surface area contributed by atoms with Crippen molar-refractivity contribution in [2.45, 2.75) is 0 Å². The van der Waals surface area contributed by atoms with Crippen molar-refractivity contribution >= 4 is 11.7 Å². The Labute approximate surface area is 69.8 Å². The van der Waals surface area contributed by atoms with Gasteiger partial charge in [-0.15, -0.1) is 5.32 Å². The highest BCUT2D eigenvalue weighted by molar-refractivity contribution is 5.89. The summed E-state index contributed by atoms with van der Waals surface area (Å²) in [6.07, 6.45) is 1.40. The number of carbonyl (C=O) groups excluding carboxylic acids is 1. The second kappa shape index (κ2) is 3.98. The highest BCUT2D eigenvalue weighted by atomic mass is 16.2. The van der Waals surface area contributed by atoms with Crippen molar-refractivity contribution in [1.82, 2.24) is 5.32 Å². The quantitative estimate of drug-likeness (QED) is 0.629. The third kappa shape index (κ3) is 2.31. The summed E-state index contributed by atoms with van der Waals surface area (Å²) in [6, 6.07) is 8.17. The summed E-state index contributed by atoms with van der Waals surface area (Å²) in [6.45, 7) is 0. The molecule has 0 spiro atoms. The Kier molecular flexibility index (Phi) is 2.68. The zero-order valence-corrected chi connectivity index (χ0v) is 6.19. The molecule has 2 amide bonds. The summed E-state index contributed by atoms with van der Waals surface area (Å²) in [5.41, 5.74) is 0.626. The number of amides is 2. The van der Waals surface area contributed by atoms with Gasteiger partial charge in [-0.05, 0) is 12.1 Å². The number of anilines is 1. The van der Waals surface area contributed by atoms with E-state index in [1.807, 2.05) is 6.07 Å². The number of para-hydroxylation sites is 1. The minimum absolute atomic E-state index is 0.626. The van der Waals surface area contributed by atoms with Crippen LogP contribution in [0.25, 0.3) is 0 Å². The van der Waals surface area contributed by atoms with E-state index in [2.05, 4.69) is 10.6 Å². The van der Waals surface area contributed by atoms with Gasteiger partial charge in [0.2, 0.25) is 6.19 Å². The van der Waals surface area contributed by atoms with Crippen LogP contribution in [-0.4, -0.2) is 6.03 Å². The molecule has 0 aromatic heterocycles. The first-order valence-corrected chi connectivity index (χ1v) is 3.29. The monoisotopic (exact) mass is 160 g/mol. The second-order valence-electron chi connectivity index (χ2n) is 2.01. The standard InChI is InChI=1S/C8H6N3O/c9-6-10-8(12)11-7-4-2-1-3-5-7/h1-5H,(H,11,12). The van der Waals surface area contributed by atoms with Crippen molar-refractivity contribution < 1.29 is 4.79 Å². The molecule has 4 nitrogen and oxygen atoms in total. The van der Waals surface area contributed by atoms with Gasteiger partial charge in [-0.25, -0.2) is 4.79 Å². The Morgan fingerprint density at radius 1 is 1.42 bits per heavy atom.